The summed E-state index contributed by atoms with van der Waals surface area (Å²) in [5.74, 6) is -0.206. The smallest absolute Gasteiger partial charge is 0.325 e. The number of rotatable bonds is 2. The number of β-amino-alcohol motifs (C(OH)–C–C–N with tert-alkyl or cyclic N) is 1. The summed E-state index contributed by atoms with van der Waals surface area (Å²) in [6, 6.07) is 1.19. The summed E-state index contributed by atoms with van der Waals surface area (Å²) < 4.78 is 0. The molecule has 1 atom stereocenters. The van der Waals surface area contributed by atoms with E-state index in [0.29, 0.717) is 19.5 Å². The van der Waals surface area contributed by atoms with Crippen molar-refractivity contribution < 1.29 is 9.90 Å². The molecule has 0 spiro atoms. The van der Waals surface area contributed by atoms with Gasteiger partial charge in [0.05, 0.1) is 12.5 Å². The molecule has 1 aliphatic heterocycles. The lowest BCUT2D eigenvalue weighted by atomic mass is 10.2. The van der Waals surface area contributed by atoms with E-state index in [4.69, 9.17) is 0 Å². The Morgan fingerprint density at radius 1 is 1.47 bits per heavy atom. The van der Waals surface area contributed by atoms with Crippen molar-refractivity contribution in [3.05, 3.63) is 32.6 Å². The van der Waals surface area contributed by atoms with E-state index in [1.54, 1.807) is 0 Å². The number of aliphatic hydroxyl groups is 1. The minimum absolute atomic E-state index is 0.0358. The Morgan fingerprint density at radius 3 is 2.82 bits per heavy atom. The van der Waals surface area contributed by atoms with Crippen molar-refractivity contribution in [3.8, 4) is 0 Å². The molecule has 0 bridgehead atoms. The molecule has 0 aliphatic carbocycles. The Bertz CT molecular complexity index is 505. The van der Waals surface area contributed by atoms with Crippen molar-refractivity contribution in [2.45, 2.75) is 18.9 Å². The molecule has 0 aromatic carbocycles. The van der Waals surface area contributed by atoms with Crippen molar-refractivity contribution in [2.24, 2.45) is 0 Å². The van der Waals surface area contributed by atoms with Crippen molar-refractivity contribution in [1.29, 1.82) is 0 Å². The predicted octanol–water partition coefficient (Wildman–Crippen LogP) is -1.80. The van der Waals surface area contributed by atoms with Crippen LogP contribution in [0.4, 0.5) is 0 Å². The minimum atomic E-state index is -0.623. The van der Waals surface area contributed by atoms with Gasteiger partial charge in [0.25, 0.3) is 5.56 Å². The van der Waals surface area contributed by atoms with Crippen molar-refractivity contribution in [3.63, 3.8) is 0 Å². The molecule has 92 valence electrons. The van der Waals surface area contributed by atoms with Gasteiger partial charge < -0.3 is 15.0 Å². The van der Waals surface area contributed by atoms with E-state index < -0.39 is 17.4 Å². The van der Waals surface area contributed by atoms with Gasteiger partial charge in [-0.3, -0.25) is 14.6 Å². The molecule has 17 heavy (non-hydrogen) atoms. The van der Waals surface area contributed by atoms with Crippen LogP contribution in [0.1, 0.15) is 12.1 Å². The highest BCUT2D eigenvalue weighted by Gasteiger charge is 2.24. The third-order valence-electron chi connectivity index (χ3n) is 2.67. The van der Waals surface area contributed by atoms with E-state index in [1.165, 1.54) is 11.0 Å². The molecule has 1 aliphatic rings. The van der Waals surface area contributed by atoms with E-state index in [9.17, 15) is 19.5 Å². The molecule has 2 rings (SSSR count). The number of hydrogen-bond acceptors (Lipinski definition) is 4. The average molecular weight is 239 g/mol. The largest absolute Gasteiger partial charge is 0.391 e. The molecule has 1 aromatic heterocycles. The maximum absolute atomic E-state index is 11.8. The summed E-state index contributed by atoms with van der Waals surface area (Å²) in [5, 5.41) is 9.30. The molecule has 7 heteroatoms. The second-order valence-corrected chi connectivity index (χ2v) is 4.07. The van der Waals surface area contributed by atoms with Gasteiger partial charge in [-0.15, -0.1) is 0 Å². The molecule has 1 aromatic rings. The number of nitrogens with one attached hydrogen (secondary N) is 2. The summed E-state index contributed by atoms with van der Waals surface area (Å²) in [6.07, 6.45) is 0.0564. The van der Waals surface area contributed by atoms with Crippen LogP contribution >= 0.6 is 0 Å². The predicted molar refractivity (Wildman–Crippen MR) is 58.6 cm³/mol. The SMILES string of the molecule is O=C(Cc1cc(=O)[nH]c(=O)[nH]1)N1CCC(O)C1. The van der Waals surface area contributed by atoms with Crippen molar-refractivity contribution in [1.82, 2.24) is 14.9 Å². The molecule has 3 N–H and O–H groups in total. The highest BCUT2D eigenvalue weighted by atomic mass is 16.3. The number of nitrogens with zero attached hydrogens (tertiary/aromatic N) is 1. The molecule has 1 saturated heterocycles. The number of carbonyl (C=O) groups excluding carboxylic acids is 1. The van der Waals surface area contributed by atoms with Gasteiger partial charge in [-0.1, -0.05) is 0 Å². The lowest BCUT2D eigenvalue weighted by Crippen LogP contribution is -2.32. The number of hydrogen-bond donors (Lipinski definition) is 3. The van der Waals surface area contributed by atoms with Crippen LogP contribution in [0.15, 0.2) is 15.7 Å². The number of likely N-dealkylation sites (tertiary alicyclic amines) is 1. The van der Waals surface area contributed by atoms with Crippen molar-refractivity contribution in [2.75, 3.05) is 13.1 Å². The fourth-order valence-corrected chi connectivity index (χ4v) is 1.86. The van der Waals surface area contributed by atoms with Gasteiger partial charge >= 0.3 is 5.69 Å². The maximum Gasteiger partial charge on any atom is 0.325 e. The Hall–Kier alpha value is -1.89. The number of H-pyrrole nitrogens is 2. The first kappa shape index (κ1) is 11.6. The lowest BCUT2D eigenvalue weighted by molar-refractivity contribution is -0.129. The molecule has 0 radical (unpaired) electrons. The average Bonchev–Trinajstić information content (AvgIpc) is 2.63. The van der Waals surface area contributed by atoms with E-state index in [0.717, 1.165) is 0 Å². The summed E-state index contributed by atoms with van der Waals surface area (Å²) in [5.41, 5.74) is -0.870. The van der Waals surface area contributed by atoms with Gasteiger partial charge in [-0.05, 0) is 6.42 Å². The Morgan fingerprint density at radius 2 is 2.24 bits per heavy atom. The minimum Gasteiger partial charge on any atom is -0.391 e. The fourth-order valence-electron chi connectivity index (χ4n) is 1.86. The Balaban J connectivity index is 2.08. The number of amides is 1. The standard InChI is InChI=1S/C10H13N3O4/c14-7-1-2-13(5-7)9(16)4-6-3-8(15)12-10(17)11-6/h3,7,14H,1-2,4-5H2,(H2,11,12,15,17). The third-order valence-corrected chi connectivity index (χ3v) is 2.67. The zero-order valence-corrected chi connectivity index (χ0v) is 9.10. The first-order chi connectivity index (χ1) is 8.04. The van der Waals surface area contributed by atoms with E-state index >= 15 is 0 Å². The normalized spacial score (nSPS) is 19.6. The zero-order valence-electron chi connectivity index (χ0n) is 9.10. The van der Waals surface area contributed by atoms with E-state index in [-0.39, 0.29) is 18.0 Å². The van der Waals surface area contributed by atoms with Gasteiger partial charge in [0.2, 0.25) is 5.91 Å². The second-order valence-electron chi connectivity index (χ2n) is 4.07. The summed E-state index contributed by atoms with van der Waals surface area (Å²) in [4.78, 5) is 39.7. The first-order valence-corrected chi connectivity index (χ1v) is 5.33. The highest BCUT2D eigenvalue weighted by molar-refractivity contribution is 5.78. The summed E-state index contributed by atoms with van der Waals surface area (Å²) >= 11 is 0. The van der Waals surface area contributed by atoms with Crippen molar-refractivity contribution >= 4 is 5.91 Å². The third kappa shape index (κ3) is 2.82. The Labute approximate surface area is 96.1 Å². The van der Waals surface area contributed by atoms with Crippen LogP contribution in [0.3, 0.4) is 0 Å². The summed E-state index contributed by atoms with van der Waals surface area (Å²) in [6.45, 7) is 0.819. The van der Waals surface area contributed by atoms with Crippen LogP contribution in [0.5, 0.6) is 0 Å². The van der Waals surface area contributed by atoms with E-state index in [2.05, 4.69) is 4.98 Å². The number of aromatic amines is 2. The van der Waals surface area contributed by atoms with Gasteiger partial charge in [0.15, 0.2) is 0 Å². The summed E-state index contributed by atoms with van der Waals surface area (Å²) in [7, 11) is 0. The molecule has 2 heterocycles. The molecule has 0 saturated carbocycles. The zero-order chi connectivity index (χ0) is 12.4. The molecule has 1 fully saturated rings. The monoisotopic (exact) mass is 239 g/mol. The molecule has 7 nitrogen and oxygen atoms in total. The molecule has 1 unspecified atom stereocenters. The van der Waals surface area contributed by atoms with Gasteiger partial charge in [0.1, 0.15) is 0 Å². The highest BCUT2D eigenvalue weighted by Crippen LogP contribution is 2.09. The number of aromatic nitrogens is 2. The maximum atomic E-state index is 11.8. The van der Waals surface area contributed by atoms with Crippen LogP contribution < -0.4 is 11.2 Å². The number of carbonyl (C=O) groups is 1. The van der Waals surface area contributed by atoms with Gasteiger partial charge in [-0.25, -0.2) is 4.79 Å². The lowest BCUT2D eigenvalue weighted by Gasteiger charge is -2.14. The molecule has 1 amide bonds. The van der Waals surface area contributed by atoms with Crippen LogP contribution in [0.25, 0.3) is 0 Å². The first-order valence-electron chi connectivity index (χ1n) is 5.33. The second kappa shape index (κ2) is 4.54. The van der Waals surface area contributed by atoms with Crippen LogP contribution in [0, 0.1) is 0 Å². The Kier molecular flexibility index (Phi) is 3.10. The van der Waals surface area contributed by atoms with Crippen LogP contribution in [0.2, 0.25) is 0 Å². The molecular formula is C10H13N3O4. The van der Waals surface area contributed by atoms with Gasteiger partial charge in [-0.2, -0.15) is 0 Å². The molecular weight excluding hydrogens is 226 g/mol. The van der Waals surface area contributed by atoms with Crippen LogP contribution in [-0.4, -0.2) is 45.1 Å². The van der Waals surface area contributed by atoms with Gasteiger partial charge in [0, 0.05) is 24.8 Å². The quantitative estimate of drug-likeness (QED) is 0.566. The topological polar surface area (TPSA) is 106 Å². The number of aliphatic hydroxyl groups excluding tert-OH is 1. The fraction of sp³-hybridized carbons (Fsp3) is 0.500. The van der Waals surface area contributed by atoms with E-state index in [1.807, 2.05) is 4.98 Å². The van der Waals surface area contributed by atoms with Crippen LogP contribution in [-0.2, 0) is 11.2 Å².